The van der Waals surface area contributed by atoms with Crippen molar-refractivity contribution in [2.24, 2.45) is 5.92 Å². The molecule has 2 aliphatic rings. The number of nitrogens with zero attached hydrogens (tertiary/aromatic N) is 1. The van der Waals surface area contributed by atoms with Crippen LogP contribution in [0.4, 0.5) is 0 Å². The molecule has 4 unspecified atom stereocenters. The Morgan fingerprint density at radius 3 is 2.72 bits per heavy atom. The Kier molecular flexibility index (Phi) is 5.05. The van der Waals surface area contributed by atoms with Crippen molar-refractivity contribution >= 4 is 0 Å². The molecule has 0 bridgehead atoms. The molecule has 2 saturated heterocycles. The van der Waals surface area contributed by atoms with Crippen LogP contribution in [-0.2, 0) is 4.74 Å². The summed E-state index contributed by atoms with van der Waals surface area (Å²) in [6, 6.07) is 1.99. The number of piperazine rings is 1. The molecule has 2 rings (SSSR count). The molecule has 3 nitrogen and oxygen atoms in total. The van der Waals surface area contributed by atoms with Crippen LogP contribution in [0, 0.1) is 5.92 Å². The van der Waals surface area contributed by atoms with Gasteiger partial charge in [-0.2, -0.15) is 0 Å². The zero-order chi connectivity index (χ0) is 13.1. The van der Waals surface area contributed by atoms with Gasteiger partial charge in [-0.1, -0.05) is 27.2 Å². The monoisotopic (exact) mass is 254 g/mol. The van der Waals surface area contributed by atoms with Gasteiger partial charge >= 0.3 is 0 Å². The zero-order valence-electron chi connectivity index (χ0n) is 12.5. The zero-order valence-corrected chi connectivity index (χ0v) is 12.5. The minimum Gasteiger partial charge on any atom is -0.377 e. The highest BCUT2D eigenvalue weighted by Crippen LogP contribution is 2.27. The Bertz CT molecular complexity index is 255. The molecule has 3 heteroatoms. The third-order valence-corrected chi connectivity index (χ3v) is 4.64. The van der Waals surface area contributed by atoms with E-state index in [0.29, 0.717) is 30.1 Å². The van der Waals surface area contributed by atoms with Crippen molar-refractivity contribution in [1.82, 2.24) is 10.2 Å². The van der Waals surface area contributed by atoms with Crippen LogP contribution in [0.5, 0.6) is 0 Å². The van der Waals surface area contributed by atoms with Gasteiger partial charge in [0.05, 0.1) is 6.10 Å². The minimum absolute atomic E-state index is 0.409. The van der Waals surface area contributed by atoms with Gasteiger partial charge in [-0.3, -0.25) is 4.90 Å². The number of hydrogen-bond donors (Lipinski definition) is 1. The summed E-state index contributed by atoms with van der Waals surface area (Å²) in [4.78, 5) is 2.75. The lowest BCUT2D eigenvalue weighted by molar-refractivity contribution is 0.0154. The molecule has 0 radical (unpaired) electrons. The molecule has 18 heavy (non-hydrogen) atoms. The van der Waals surface area contributed by atoms with Crippen LogP contribution in [0.2, 0.25) is 0 Å². The molecule has 0 spiro atoms. The largest absolute Gasteiger partial charge is 0.377 e. The lowest BCUT2D eigenvalue weighted by atomic mass is 9.93. The van der Waals surface area contributed by atoms with E-state index in [-0.39, 0.29) is 0 Å². The Labute approximate surface area is 112 Å². The molecular formula is C15H30N2O. The van der Waals surface area contributed by atoms with Crippen LogP contribution >= 0.6 is 0 Å². The third-order valence-electron chi connectivity index (χ3n) is 4.64. The summed E-state index contributed by atoms with van der Waals surface area (Å²) in [5.74, 6) is 0.716. The molecule has 2 aliphatic heterocycles. The van der Waals surface area contributed by atoms with E-state index in [2.05, 4.69) is 37.9 Å². The predicted octanol–water partition coefficient (Wildman–Crippen LogP) is 2.26. The van der Waals surface area contributed by atoms with Gasteiger partial charge in [0.25, 0.3) is 0 Å². The van der Waals surface area contributed by atoms with Gasteiger partial charge in [-0.25, -0.2) is 0 Å². The summed E-state index contributed by atoms with van der Waals surface area (Å²) in [6.07, 6.45) is 4.19. The van der Waals surface area contributed by atoms with Gasteiger partial charge in [-0.15, -0.1) is 0 Å². The highest BCUT2D eigenvalue weighted by Gasteiger charge is 2.38. The van der Waals surface area contributed by atoms with Crippen LogP contribution in [0.25, 0.3) is 0 Å². The molecule has 0 aromatic rings. The lowest BCUT2D eigenvalue weighted by Gasteiger charge is -2.46. The van der Waals surface area contributed by atoms with Gasteiger partial charge in [0, 0.05) is 37.8 Å². The molecule has 0 saturated carbocycles. The SMILES string of the molecule is CCCC1CN(C2CCOC2C)C(C(C)C)CN1. The van der Waals surface area contributed by atoms with Gasteiger partial charge in [0.2, 0.25) is 0 Å². The third kappa shape index (κ3) is 3.06. The number of rotatable bonds is 4. The molecule has 106 valence electrons. The molecule has 4 atom stereocenters. The first kappa shape index (κ1) is 14.3. The number of nitrogens with one attached hydrogen (secondary N) is 1. The maximum absolute atomic E-state index is 5.78. The van der Waals surface area contributed by atoms with E-state index in [9.17, 15) is 0 Å². The molecule has 0 aromatic carbocycles. The lowest BCUT2D eigenvalue weighted by Crippen LogP contribution is -2.62. The topological polar surface area (TPSA) is 24.5 Å². The Balaban J connectivity index is 2.04. The van der Waals surface area contributed by atoms with E-state index in [4.69, 9.17) is 4.74 Å². The Morgan fingerprint density at radius 2 is 2.17 bits per heavy atom. The van der Waals surface area contributed by atoms with Crippen molar-refractivity contribution in [2.75, 3.05) is 19.7 Å². The fraction of sp³-hybridized carbons (Fsp3) is 1.00. The van der Waals surface area contributed by atoms with E-state index in [0.717, 1.165) is 13.2 Å². The normalized spacial score (nSPS) is 38.5. The minimum atomic E-state index is 0.409. The average Bonchev–Trinajstić information content (AvgIpc) is 2.75. The van der Waals surface area contributed by atoms with Gasteiger partial charge in [0.1, 0.15) is 0 Å². The number of hydrogen-bond acceptors (Lipinski definition) is 3. The van der Waals surface area contributed by atoms with Crippen molar-refractivity contribution in [3.63, 3.8) is 0 Å². The molecule has 2 heterocycles. The van der Waals surface area contributed by atoms with Crippen LogP contribution in [-0.4, -0.2) is 48.8 Å². The Hall–Kier alpha value is -0.120. The van der Waals surface area contributed by atoms with E-state index >= 15 is 0 Å². The molecular weight excluding hydrogens is 224 g/mol. The predicted molar refractivity (Wildman–Crippen MR) is 75.8 cm³/mol. The summed E-state index contributed by atoms with van der Waals surface area (Å²) in [6.45, 7) is 12.5. The van der Waals surface area contributed by atoms with Crippen LogP contribution in [0.15, 0.2) is 0 Å². The second-order valence-electron chi connectivity index (χ2n) is 6.33. The highest BCUT2D eigenvalue weighted by molar-refractivity contribution is 4.94. The molecule has 0 aliphatic carbocycles. The van der Waals surface area contributed by atoms with E-state index in [1.54, 1.807) is 0 Å². The smallest absolute Gasteiger partial charge is 0.0703 e. The summed E-state index contributed by atoms with van der Waals surface area (Å²) < 4.78 is 5.78. The molecule has 0 amide bonds. The van der Waals surface area contributed by atoms with E-state index in [1.165, 1.54) is 25.8 Å². The van der Waals surface area contributed by atoms with Crippen LogP contribution < -0.4 is 5.32 Å². The summed E-state index contributed by atoms with van der Waals surface area (Å²) in [5.41, 5.74) is 0. The van der Waals surface area contributed by atoms with Crippen molar-refractivity contribution in [2.45, 2.75) is 71.2 Å². The van der Waals surface area contributed by atoms with Crippen molar-refractivity contribution in [3.8, 4) is 0 Å². The van der Waals surface area contributed by atoms with Crippen molar-refractivity contribution < 1.29 is 4.74 Å². The van der Waals surface area contributed by atoms with Crippen LogP contribution in [0.3, 0.4) is 0 Å². The quantitative estimate of drug-likeness (QED) is 0.833. The first-order valence-electron chi connectivity index (χ1n) is 7.74. The fourth-order valence-corrected chi connectivity index (χ4v) is 3.56. The second-order valence-corrected chi connectivity index (χ2v) is 6.33. The molecule has 2 fully saturated rings. The molecule has 0 aromatic heterocycles. The summed E-state index contributed by atoms with van der Waals surface area (Å²) in [7, 11) is 0. The van der Waals surface area contributed by atoms with Gasteiger partial charge in [-0.05, 0) is 25.7 Å². The first-order valence-corrected chi connectivity index (χ1v) is 7.74. The van der Waals surface area contributed by atoms with Gasteiger partial charge < -0.3 is 10.1 Å². The fourth-order valence-electron chi connectivity index (χ4n) is 3.56. The molecule has 1 N–H and O–H groups in total. The number of ether oxygens (including phenoxy) is 1. The first-order chi connectivity index (χ1) is 8.63. The van der Waals surface area contributed by atoms with E-state index < -0.39 is 0 Å². The van der Waals surface area contributed by atoms with Crippen molar-refractivity contribution in [3.05, 3.63) is 0 Å². The maximum Gasteiger partial charge on any atom is 0.0703 e. The van der Waals surface area contributed by atoms with Crippen molar-refractivity contribution in [1.29, 1.82) is 0 Å². The standard InChI is InChI=1S/C15H30N2O/c1-5-6-13-10-17(14-7-8-18-12(14)4)15(9-16-13)11(2)3/h11-16H,5-10H2,1-4H3. The maximum atomic E-state index is 5.78. The Morgan fingerprint density at radius 1 is 1.39 bits per heavy atom. The average molecular weight is 254 g/mol. The second kappa shape index (κ2) is 6.36. The van der Waals surface area contributed by atoms with Gasteiger partial charge in [0.15, 0.2) is 0 Å². The van der Waals surface area contributed by atoms with E-state index in [1.807, 2.05) is 0 Å². The highest BCUT2D eigenvalue weighted by atomic mass is 16.5. The summed E-state index contributed by atoms with van der Waals surface area (Å²) in [5, 5.41) is 3.74. The summed E-state index contributed by atoms with van der Waals surface area (Å²) >= 11 is 0. The van der Waals surface area contributed by atoms with Crippen LogP contribution in [0.1, 0.15) is 47.0 Å².